The fourth-order valence-corrected chi connectivity index (χ4v) is 2.37. The van der Waals surface area contributed by atoms with Crippen molar-refractivity contribution in [3.63, 3.8) is 0 Å². The maximum atomic E-state index is 11.7. The summed E-state index contributed by atoms with van der Waals surface area (Å²) in [5, 5.41) is 15.1. The lowest BCUT2D eigenvalue weighted by Crippen LogP contribution is -2.18. The van der Waals surface area contributed by atoms with Gasteiger partial charge in [-0.05, 0) is 37.1 Å². The second kappa shape index (κ2) is 9.53. The topological polar surface area (TPSA) is 93.8 Å². The predicted molar refractivity (Wildman–Crippen MR) is 99.8 cm³/mol. The van der Waals surface area contributed by atoms with E-state index >= 15 is 0 Å². The van der Waals surface area contributed by atoms with Crippen molar-refractivity contribution in [1.29, 1.82) is 0 Å². The van der Waals surface area contributed by atoms with E-state index in [1.54, 1.807) is 24.3 Å². The molecule has 1 N–H and O–H groups in total. The summed E-state index contributed by atoms with van der Waals surface area (Å²) in [6, 6.07) is 11.3. The van der Waals surface area contributed by atoms with Crippen LogP contribution in [0.5, 0.6) is 5.75 Å². The van der Waals surface area contributed by atoms with Crippen molar-refractivity contribution < 1.29 is 14.5 Å². The lowest BCUT2D eigenvalue weighted by Gasteiger charge is -2.08. The summed E-state index contributed by atoms with van der Waals surface area (Å²) < 4.78 is 5.61. The van der Waals surface area contributed by atoms with Gasteiger partial charge in [0.05, 0.1) is 17.7 Å². The fourth-order valence-electron chi connectivity index (χ4n) is 2.14. The summed E-state index contributed by atoms with van der Waals surface area (Å²) in [6.07, 6.45) is 2.14. The van der Waals surface area contributed by atoms with Crippen molar-refractivity contribution in [2.45, 2.75) is 19.8 Å². The summed E-state index contributed by atoms with van der Waals surface area (Å²) in [5.74, 6) is 0.474. The lowest BCUT2D eigenvalue weighted by atomic mass is 10.2. The van der Waals surface area contributed by atoms with E-state index in [4.69, 9.17) is 16.3 Å². The third-order valence-electron chi connectivity index (χ3n) is 3.43. The number of carbonyl (C=O) groups is 1. The van der Waals surface area contributed by atoms with E-state index in [0.29, 0.717) is 23.6 Å². The number of carbonyl (C=O) groups excluding carboxylic acids is 1. The Labute approximate surface area is 155 Å². The van der Waals surface area contributed by atoms with Gasteiger partial charge in [-0.3, -0.25) is 14.9 Å². The first-order valence-corrected chi connectivity index (χ1v) is 8.29. The highest BCUT2D eigenvalue weighted by atomic mass is 35.5. The molecule has 8 heteroatoms. The van der Waals surface area contributed by atoms with Gasteiger partial charge in [-0.25, -0.2) is 5.43 Å². The molecule has 0 saturated carbocycles. The fraction of sp³-hybridized carbons (Fsp3) is 0.222. The predicted octanol–water partition coefficient (Wildman–Crippen LogP) is 3.87. The Morgan fingerprint density at radius 1 is 1.35 bits per heavy atom. The minimum absolute atomic E-state index is 0.0325. The largest absolute Gasteiger partial charge is 0.493 e. The van der Waals surface area contributed by atoms with Gasteiger partial charge in [0.1, 0.15) is 5.75 Å². The first-order valence-electron chi connectivity index (χ1n) is 7.91. The molecule has 0 atom stereocenters. The maximum Gasteiger partial charge on any atom is 0.270 e. The van der Waals surface area contributed by atoms with Crippen LogP contribution in [0.3, 0.4) is 0 Å². The Bertz CT molecular complexity index is 824. The molecule has 0 spiro atoms. The highest BCUT2D eigenvalue weighted by Crippen LogP contribution is 2.21. The lowest BCUT2D eigenvalue weighted by molar-refractivity contribution is -0.384. The van der Waals surface area contributed by atoms with Crippen LogP contribution in [0.15, 0.2) is 47.6 Å². The molecule has 0 radical (unpaired) electrons. The third kappa shape index (κ3) is 6.18. The number of nitrogens with one attached hydrogen (secondary N) is 1. The van der Waals surface area contributed by atoms with Gasteiger partial charge in [0, 0.05) is 29.1 Å². The normalized spacial score (nSPS) is 10.7. The zero-order valence-electron chi connectivity index (χ0n) is 14.1. The molecule has 0 aliphatic carbocycles. The molecular formula is C18H18ClN3O4. The molecule has 0 aliphatic heterocycles. The molecule has 0 fully saturated rings. The molecule has 7 nitrogen and oxygen atoms in total. The number of nitro benzene ring substituents is 1. The smallest absolute Gasteiger partial charge is 0.270 e. The SMILES string of the molecule is Cc1cc(Cl)ccc1OCCCC(=O)N/N=C/c1cccc([N+](=O)[O-])c1. The first-order chi connectivity index (χ1) is 12.5. The molecule has 26 heavy (non-hydrogen) atoms. The maximum absolute atomic E-state index is 11.7. The standard InChI is InChI=1S/C18H18ClN3O4/c1-13-10-15(19)7-8-17(13)26-9-3-6-18(23)21-20-12-14-4-2-5-16(11-14)22(24)25/h2,4-5,7-8,10-12H,3,6,9H2,1H3,(H,21,23)/b20-12+. The number of hydrazone groups is 1. The van der Waals surface area contributed by atoms with Crippen molar-refractivity contribution in [2.75, 3.05) is 6.61 Å². The van der Waals surface area contributed by atoms with Crippen LogP contribution in [-0.2, 0) is 4.79 Å². The van der Waals surface area contributed by atoms with Crippen LogP contribution in [0.2, 0.25) is 5.02 Å². The molecule has 2 aromatic carbocycles. The van der Waals surface area contributed by atoms with E-state index in [0.717, 1.165) is 11.3 Å². The summed E-state index contributed by atoms with van der Waals surface area (Å²) in [6.45, 7) is 2.29. The van der Waals surface area contributed by atoms with Crippen molar-refractivity contribution in [2.24, 2.45) is 5.10 Å². The molecule has 0 heterocycles. The number of benzene rings is 2. The van der Waals surface area contributed by atoms with Crippen LogP contribution in [0.1, 0.15) is 24.0 Å². The third-order valence-corrected chi connectivity index (χ3v) is 3.66. The summed E-state index contributed by atoms with van der Waals surface area (Å²) in [4.78, 5) is 21.9. The van der Waals surface area contributed by atoms with E-state index in [2.05, 4.69) is 10.5 Å². The van der Waals surface area contributed by atoms with E-state index in [1.807, 2.05) is 13.0 Å². The van der Waals surface area contributed by atoms with Gasteiger partial charge < -0.3 is 4.74 Å². The van der Waals surface area contributed by atoms with Crippen molar-refractivity contribution >= 4 is 29.4 Å². The molecule has 136 valence electrons. The summed E-state index contributed by atoms with van der Waals surface area (Å²) in [7, 11) is 0. The van der Waals surface area contributed by atoms with E-state index in [-0.39, 0.29) is 18.0 Å². The van der Waals surface area contributed by atoms with Crippen LogP contribution in [0.4, 0.5) is 5.69 Å². The zero-order valence-corrected chi connectivity index (χ0v) is 14.9. The average molecular weight is 376 g/mol. The molecule has 1 amide bonds. The summed E-state index contributed by atoms with van der Waals surface area (Å²) >= 11 is 5.88. The minimum atomic E-state index is -0.488. The van der Waals surface area contributed by atoms with Gasteiger partial charge in [0.25, 0.3) is 5.69 Å². The van der Waals surface area contributed by atoms with Crippen LogP contribution < -0.4 is 10.2 Å². The van der Waals surface area contributed by atoms with Crippen LogP contribution in [0, 0.1) is 17.0 Å². The average Bonchev–Trinajstić information content (AvgIpc) is 2.60. The minimum Gasteiger partial charge on any atom is -0.493 e. The molecule has 2 rings (SSSR count). The number of aryl methyl sites for hydroxylation is 1. The Morgan fingerprint density at radius 3 is 2.88 bits per heavy atom. The Kier molecular flexibility index (Phi) is 7.11. The molecular weight excluding hydrogens is 358 g/mol. The second-order valence-electron chi connectivity index (χ2n) is 5.51. The van der Waals surface area contributed by atoms with Crippen molar-refractivity contribution in [3.05, 3.63) is 68.7 Å². The van der Waals surface area contributed by atoms with Crippen LogP contribution >= 0.6 is 11.6 Å². The quantitative estimate of drug-likeness (QED) is 0.328. The van der Waals surface area contributed by atoms with Crippen LogP contribution in [0.25, 0.3) is 0 Å². The first kappa shape index (κ1) is 19.4. The Morgan fingerprint density at radius 2 is 2.15 bits per heavy atom. The number of nitrogens with zero attached hydrogens (tertiary/aromatic N) is 2. The van der Waals surface area contributed by atoms with E-state index in [9.17, 15) is 14.9 Å². The van der Waals surface area contributed by atoms with Gasteiger partial charge in [-0.1, -0.05) is 23.7 Å². The van der Waals surface area contributed by atoms with Gasteiger partial charge >= 0.3 is 0 Å². The highest BCUT2D eigenvalue weighted by Gasteiger charge is 2.05. The van der Waals surface area contributed by atoms with Crippen LogP contribution in [-0.4, -0.2) is 23.7 Å². The molecule has 2 aromatic rings. The highest BCUT2D eigenvalue weighted by molar-refractivity contribution is 6.30. The van der Waals surface area contributed by atoms with Gasteiger partial charge in [-0.15, -0.1) is 0 Å². The van der Waals surface area contributed by atoms with E-state index in [1.165, 1.54) is 18.3 Å². The second-order valence-corrected chi connectivity index (χ2v) is 5.94. The van der Waals surface area contributed by atoms with Gasteiger partial charge in [-0.2, -0.15) is 5.10 Å². The van der Waals surface area contributed by atoms with Crippen molar-refractivity contribution in [3.8, 4) is 5.75 Å². The number of non-ortho nitro benzene ring substituents is 1. The molecule has 0 aliphatic rings. The number of nitro groups is 1. The molecule has 0 saturated heterocycles. The number of rotatable bonds is 8. The summed E-state index contributed by atoms with van der Waals surface area (Å²) in [5.41, 5.74) is 3.82. The number of ether oxygens (including phenoxy) is 1. The van der Waals surface area contributed by atoms with Crippen molar-refractivity contribution in [1.82, 2.24) is 5.43 Å². The molecule has 0 unspecified atom stereocenters. The Balaban J connectivity index is 1.72. The number of halogens is 1. The zero-order chi connectivity index (χ0) is 18.9. The van der Waals surface area contributed by atoms with Gasteiger partial charge in [0.15, 0.2) is 0 Å². The monoisotopic (exact) mass is 375 g/mol. The molecule has 0 bridgehead atoms. The number of hydrogen-bond donors (Lipinski definition) is 1. The number of hydrogen-bond acceptors (Lipinski definition) is 5. The van der Waals surface area contributed by atoms with Gasteiger partial charge in [0.2, 0.25) is 5.91 Å². The Hall–Kier alpha value is -2.93. The molecule has 0 aromatic heterocycles. The number of amides is 1. The van der Waals surface area contributed by atoms with E-state index < -0.39 is 4.92 Å².